The summed E-state index contributed by atoms with van der Waals surface area (Å²) in [6, 6.07) is 25.2. The van der Waals surface area contributed by atoms with Crippen molar-refractivity contribution in [2.75, 3.05) is 14.2 Å². The molecule has 0 bridgehead atoms. The molecule has 3 rings (SSSR count). The van der Waals surface area contributed by atoms with Crippen molar-refractivity contribution < 1.29 is 9.53 Å². The van der Waals surface area contributed by atoms with Crippen LogP contribution in [-0.2, 0) is 11.2 Å². The first-order chi connectivity index (χ1) is 14.6. The monoisotopic (exact) mass is 422 g/mol. The minimum atomic E-state index is -0.451. The summed E-state index contributed by atoms with van der Waals surface area (Å²) in [6.07, 6.45) is 1.69. The fourth-order valence-corrected chi connectivity index (χ4v) is 3.58. The number of ether oxygens (including phenoxy) is 1. The highest BCUT2D eigenvalue weighted by molar-refractivity contribution is 6.30. The first kappa shape index (κ1) is 21.9. The molecule has 156 valence electrons. The van der Waals surface area contributed by atoms with Crippen molar-refractivity contribution in [3.8, 4) is 5.75 Å². The first-order valence-electron chi connectivity index (χ1n) is 10.0. The zero-order valence-electron chi connectivity index (χ0n) is 17.3. The van der Waals surface area contributed by atoms with Gasteiger partial charge in [-0.3, -0.25) is 10.1 Å². The van der Waals surface area contributed by atoms with E-state index >= 15 is 0 Å². The van der Waals surface area contributed by atoms with E-state index < -0.39 is 6.04 Å². The van der Waals surface area contributed by atoms with E-state index in [1.165, 1.54) is 5.56 Å². The van der Waals surface area contributed by atoms with Crippen molar-refractivity contribution in [1.82, 2.24) is 10.6 Å². The van der Waals surface area contributed by atoms with Crippen molar-refractivity contribution >= 4 is 17.5 Å². The highest BCUT2D eigenvalue weighted by Crippen LogP contribution is 2.26. The third-order valence-electron chi connectivity index (χ3n) is 5.16. The van der Waals surface area contributed by atoms with Gasteiger partial charge in [-0.2, -0.15) is 0 Å². The molecule has 0 aromatic heterocycles. The summed E-state index contributed by atoms with van der Waals surface area (Å²) in [5.74, 6) is 0.777. The molecule has 0 saturated carbocycles. The summed E-state index contributed by atoms with van der Waals surface area (Å²) in [4.78, 5) is 12.7. The van der Waals surface area contributed by atoms with Crippen molar-refractivity contribution in [3.63, 3.8) is 0 Å². The van der Waals surface area contributed by atoms with E-state index in [0.717, 1.165) is 29.7 Å². The van der Waals surface area contributed by atoms with Crippen LogP contribution in [0.1, 0.15) is 35.2 Å². The van der Waals surface area contributed by atoms with Crippen molar-refractivity contribution in [2.45, 2.75) is 24.9 Å². The number of hydrogen-bond acceptors (Lipinski definition) is 3. The van der Waals surface area contributed by atoms with Crippen LogP contribution in [0.25, 0.3) is 0 Å². The molecule has 0 aliphatic carbocycles. The molecular weight excluding hydrogens is 396 g/mol. The molecule has 0 spiro atoms. The molecule has 2 N–H and O–H groups in total. The summed E-state index contributed by atoms with van der Waals surface area (Å²) in [5, 5.41) is 7.04. The van der Waals surface area contributed by atoms with Crippen molar-refractivity contribution in [3.05, 3.63) is 101 Å². The van der Waals surface area contributed by atoms with Crippen LogP contribution in [0.4, 0.5) is 0 Å². The maximum absolute atomic E-state index is 12.7. The van der Waals surface area contributed by atoms with Gasteiger partial charge in [0.25, 0.3) is 0 Å². The quantitative estimate of drug-likeness (QED) is 0.504. The Morgan fingerprint density at radius 2 is 1.60 bits per heavy atom. The standard InChI is InChI=1S/C25H27ClN2O2/c1-27-25(29)24(20-6-4-3-5-7-20)28-23(19-11-13-21(26)14-12-19)17-10-18-8-15-22(30-2)16-9-18/h3-9,11-16,23-24,28H,10,17H2,1-2H3,(H,27,29). The number of methoxy groups -OCH3 is 1. The molecule has 0 aliphatic rings. The topological polar surface area (TPSA) is 50.4 Å². The molecule has 2 unspecified atom stereocenters. The molecule has 4 nitrogen and oxygen atoms in total. The molecule has 1 amide bonds. The lowest BCUT2D eigenvalue weighted by Gasteiger charge is -2.26. The van der Waals surface area contributed by atoms with Crippen molar-refractivity contribution in [1.29, 1.82) is 0 Å². The fraction of sp³-hybridized carbons (Fsp3) is 0.240. The van der Waals surface area contributed by atoms with Crippen LogP contribution >= 0.6 is 11.6 Å². The van der Waals surface area contributed by atoms with Gasteiger partial charge in [0.15, 0.2) is 0 Å². The Balaban J connectivity index is 1.83. The van der Waals surface area contributed by atoms with Crippen LogP contribution in [0.3, 0.4) is 0 Å². The van der Waals surface area contributed by atoms with Crippen LogP contribution in [0.15, 0.2) is 78.9 Å². The lowest BCUT2D eigenvalue weighted by Crippen LogP contribution is -2.38. The Bertz CT molecular complexity index is 928. The van der Waals surface area contributed by atoms with Gasteiger partial charge in [0.1, 0.15) is 11.8 Å². The lowest BCUT2D eigenvalue weighted by atomic mass is 9.96. The van der Waals surface area contributed by atoms with E-state index in [9.17, 15) is 4.79 Å². The van der Waals surface area contributed by atoms with Crippen LogP contribution in [-0.4, -0.2) is 20.1 Å². The summed E-state index contributed by atoms with van der Waals surface area (Å²) < 4.78 is 5.25. The van der Waals surface area contributed by atoms with Gasteiger partial charge in [0.2, 0.25) is 5.91 Å². The van der Waals surface area contributed by atoms with Gasteiger partial charge in [-0.05, 0) is 53.8 Å². The summed E-state index contributed by atoms with van der Waals surface area (Å²) in [6.45, 7) is 0. The third kappa shape index (κ3) is 5.85. The summed E-state index contributed by atoms with van der Waals surface area (Å²) in [5.41, 5.74) is 3.24. The number of rotatable bonds is 9. The minimum absolute atomic E-state index is 0.0214. The molecule has 3 aromatic carbocycles. The Morgan fingerprint density at radius 1 is 0.933 bits per heavy atom. The largest absolute Gasteiger partial charge is 0.497 e. The molecular formula is C25H27ClN2O2. The highest BCUT2D eigenvalue weighted by atomic mass is 35.5. The van der Waals surface area contributed by atoms with Gasteiger partial charge >= 0.3 is 0 Å². The van der Waals surface area contributed by atoms with Gasteiger partial charge < -0.3 is 10.1 Å². The molecule has 2 atom stereocenters. The minimum Gasteiger partial charge on any atom is -0.497 e. The molecule has 3 aromatic rings. The van der Waals surface area contributed by atoms with E-state index in [2.05, 4.69) is 22.8 Å². The third-order valence-corrected chi connectivity index (χ3v) is 5.41. The lowest BCUT2D eigenvalue weighted by molar-refractivity contribution is -0.123. The number of hydrogen-bond donors (Lipinski definition) is 2. The Morgan fingerprint density at radius 3 is 2.20 bits per heavy atom. The zero-order chi connectivity index (χ0) is 21.3. The molecule has 0 radical (unpaired) electrons. The average Bonchev–Trinajstić information content (AvgIpc) is 2.80. The van der Waals surface area contributed by atoms with E-state index in [1.807, 2.05) is 66.7 Å². The number of carbonyl (C=O) groups excluding carboxylic acids is 1. The zero-order valence-corrected chi connectivity index (χ0v) is 18.0. The number of nitrogens with one attached hydrogen (secondary N) is 2. The van der Waals surface area contributed by atoms with Gasteiger partial charge in [-0.1, -0.05) is 66.2 Å². The maximum Gasteiger partial charge on any atom is 0.241 e. The van der Waals surface area contributed by atoms with E-state index in [4.69, 9.17) is 16.3 Å². The molecule has 0 saturated heterocycles. The number of carbonyl (C=O) groups is 1. The smallest absolute Gasteiger partial charge is 0.241 e. The van der Waals surface area contributed by atoms with Gasteiger partial charge in [0.05, 0.1) is 7.11 Å². The van der Waals surface area contributed by atoms with Crippen molar-refractivity contribution in [2.24, 2.45) is 0 Å². The summed E-state index contributed by atoms with van der Waals surface area (Å²) >= 11 is 6.10. The number of benzene rings is 3. The number of aryl methyl sites for hydroxylation is 1. The second-order valence-corrected chi connectivity index (χ2v) is 7.55. The van der Waals surface area contributed by atoms with Crippen LogP contribution in [0.5, 0.6) is 5.75 Å². The van der Waals surface area contributed by atoms with Gasteiger partial charge in [-0.25, -0.2) is 0 Å². The van der Waals surface area contributed by atoms with E-state index in [-0.39, 0.29) is 11.9 Å². The molecule has 0 aliphatic heterocycles. The maximum atomic E-state index is 12.7. The second kappa shape index (κ2) is 10.8. The molecule has 30 heavy (non-hydrogen) atoms. The number of halogens is 1. The van der Waals surface area contributed by atoms with Crippen LogP contribution in [0, 0.1) is 0 Å². The normalized spacial score (nSPS) is 12.8. The number of likely N-dealkylation sites (N-methyl/N-ethyl adjacent to an activating group) is 1. The SMILES string of the molecule is CNC(=O)C(NC(CCc1ccc(OC)cc1)c1ccc(Cl)cc1)c1ccccc1. The highest BCUT2D eigenvalue weighted by Gasteiger charge is 2.24. The predicted molar refractivity (Wildman–Crippen MR) is 122 cm³/mol. The summed E-state index contributed by atoms with van der Waals surface area (Å²) in [7, 11) is 3.33. The van der Waals surface area contributed by atoms with Gasteiger partial charge in [-0.15, -0.1) is 0 Å². The Hall–Kier alpha value is -2.82. The predicted octanol–water partition coefficient (Wildman–Crippen LogP) is 5.10. The molecule has 5 heteroatoms. The number of amides is 1. The van der Waals surface area contributed by atoms with E-state index in [0.29, 0.717) is 5.02 Å². The Kier molecular flexibility index (Phi) is 7.89. The van der Waals surface area contributed by atoms with E-state index in [1.54, 1.807) is 14.2 Å². The second-order valence-electron chi connectivity index (χ2n) is 7.12. The van der Waals surface area contributed by atoms with Crippen LogP contribution < -0.4 is 15.4 Å². The molecule has 0 fully saturated rings. The first-order valence-corrected chi connectivity index (χ1v) is 10.4. The van der Waals surface area contributed by atoms with Gasteiger partial charge in [0, 0.05) is 18.1 Å². The molecule has 0 heterocycles. The fourth-order valence-electron chi connectivity index (χ4n) is 3.46. The Labute approximate surface area is 183 Å². The van der Waals surface area contributed by atoms with Crippen LogP contribution in [0.2, 0.25) is 5.02 Å². The average molecular weight is 423 g/mol.